The van der Waals surface area contributed by atoms with E-state index < -0.39 is 5.97 Å². The minimum atomic E-state index is -0.828. The summed E-state index contributed by atoms with van der Waals surface area (Å²) in [5, 5.41) is 8.63. The average Bonchev–Trinajstić information content (AvgIpc) is 2.52. The first-order valence-corrected chi connectivity index (χ1v) is 7.57. The van der Waals surface area contributed by atoms with Gasteiger partial charge in [-0.05, 0) is 36.5 Å². The van der Waals surface area contributed by atoms with E-state index in [4.69, 9.17) is 9.84 Å². The van der Waals surface area contributed by atoms with Crippen LogP contribution in [0.1, 0.15) is 44.1 Å². The molecule has 0 saturated carbocycles. The van der Waals surface area contributed by atoms with Crippen LogP contribution in [0.15, 0.2) is 24.3 Å². The van der Waals surface area contributed by atoms with Gasteiger partial charge >= 0.3 is 5.97 Å². The van der Waals surface area contributed by atoms with Gasteiger partial charge in [0.25, 0.3) is 0 Å². The molecule has 0 fully saturated rings. The van der Waals surface area contributed by atoms with E-state index in [2.05, 4.69) is 6.92 Å². The number of aliphatic carboxylic acids is 1. The Bertz CT molecular complexity index is 484. The molecule has 1 N–H and O–H groups in total. The van der Waals surface area contributed by atoms with Gasteiger partial charge in [0.15, 0.2) is 0 Å². The van der Waals surface area contributed by atoms with Gasteiger partial charge in [-0.15, -0.1) is 0 Å². The number of methoxy groups -OCH3 is 1. The molecule has 1 aromatic rings. The molecule has 0 aliphatic rings. The van der Waals surface area contributed by atoms with Crippen molar-refractivity contribution in [1.29, 1.82) is 0 Å². The van der Waals surface area contributed by atoms with Crippen molar-refractivity contribution < 1.29 is 19.4 Å². The van der Waals surface area contributed by atoms with Gasteiger partial charge in [-0.25, -0.2) is 0 Å². The lowest BCUT2D eigenvalue weighted by molar-refractivity contribution is -0.138. The van der Waals surface area contributed by atoms with E-state index in [1.165, 1.54) is 0 Å². The van der Waals surface area contributed by atoms with Gasteiger partial charge in [-0.1, -0.05) is 19.1 Å². The van der Waals surface area contributed by atoms with Crippen molar-refractivity contribution in [3.05, 3.63) is 29.8 Å². The van der Waals surface area contributed by atoms with Crippen LogP contribution in [-0.2, 0) is 9.59 Å². The van der Waals surface area contributed by atoms with Crippen molar-refractivity contribution in [1.82, 2.24) is 4.90 Å². The number of carboxylic acids is 1. The van der Waals surface area contributed by atoms with Crippen LogP contribution >= 0.6 is 0 Å². The molecule has 122 valence electrons. The third-order valence-electron chi connectivity index (χ3n) is 3.81. The lowest BCUT2D eigenvalue weighted by Gasteiger charge is -2.21. The minimum absolute atomic E-state index is 0.0491. The summed E-state index contributed by atoms with van der Waals surface area (Å²) in [5.41, 5.74) is 1.12. The quantitative estimate of drug-likeness (QED) is 0.761. The SMILES string of the molecule is CCC(CC(=O)N(C)CCCC(=O)O)c1ccc(OC)cc1. The molecular formula is C17H25NO4. The summed E-state index contributed by atoms with van der Waals surface area (Å²) in [6.07, 6.45) is 1.89. The number of hydrogen-bond donors (Lipinski definition) is 1. The monoisotopic (exact) mass is 307 g/mol. The second-order valence-electron chi connectivity index (χ2n) is 5.40. The van der Waals surface area contributed by atoms with Gasteiger partial charge in [0, 0.05) is 26.4 Å². The number of nitrogens with zero attached hydrogens (tertiary/aromatic N) is 1. The number of carboxylic acid groups (broad SMARTS) is 1. The summed E-state index contributed by atoms with van der Waals surface area (Å²) >= 11 is 0. The maximum Gasteiger partial charge on any atom is 0.303 e. The predicted octanol–water partition coefficient (Wildman–Crippen LogP) is 2.90. The van der Waals surface area contributed by atoms with Crippen LogP contribution in [0, 0.1) is 0 Å². The first kappa shape index (κ1) is 18.0. The molecule has 1 rings (SSSR count). The molecule has 0 bridgehead atoms. The highest BCUT2D eigenvalue weighted by Crippen LogP contribution is 2.25. The van der Waals surface area contributed by atoms with E-state index in [9.17, 15) is 9.59 Å². The number of ether oxygens (including phenoxy) is 1. The first-order valence-electron chi connectivity index (χ1n) is 7.57. The topological polar surface area (TPSA) is 66.8 Å². The predicted molar refractivity (Wildman–Crippen MR) is 85.1 cm³/mol. The highest BCUT2D eigenvalue weighted by atomic mass is 16.5. The Morgan fingerprint density at radius 1 is 1.27 bits per heavy atom. The maximum atomic E-state index is 12.2. The third kappa shape index (κ3) is 5.76. The number of amides is 1. The van der Waals surface area contributed by atoms with Crippen molar-refractivity contribution >= 4 is 11.9 Å². The second-order valence-corrected chi connectivity index (χ2v) is 5.40. The Balaban J connectivity index is 2.56. The summed E-state index contributed by atoms with van der Waals surface area (Å²) in [7, 11) is 3.35. The van der Waals surface area contributed by atoms with Crippen molar-refractivity contribution in [3.63, 3.8) is 0 Å². The number of hydrogen-bond acceptors (Lipinski definition) is 3. The number of carbonyl (C=O) groups is 2. The average molecular weight is 307 g/mol. The molecule has 0 radical (unpaired) electrons. The molecule has 1 aromatic carbocycles. The van der Waals surface area contributed by atoms with E-state index >= 15 is 0 Å². The molecule has 0 saturated heterocycles. The number of benzene rings is 1. The summed E-state index contributed by atoms with van der Waals surface area (Å²) < 4.78 is 5.14. The fourth-order valence-electron chi connectivity index (χ4n) is 2.33. The van der Waals surface area contributed by atoms with Crippen LogP contribution in [0.3, 0.4) is 0 Å². The molecule has 0 heterocycles. The normalized spacial score (nSPS) is 11.8. The Hall–Kier alpha value is -2.04. The van der Waals surface area contributed by atoms with Gasteiger partial charge in [0.1, 0.15) is 5.75 Å². The van der Waals surface area contributed by atoms with Crippen LogP contribution < -0.4 is 4.74 Å². The second kappa shape index (κ2) is 9.07. The van der Waals surface area contributed by atoms with Gasteiger partial charge in [0.05, 0.1) is 7.11 Å². The van der Waals surface area contributed by atoms with E-state index in [1.54, 1.807) is 19.1 Å². The van der Waals surface area contributed by atoms with Gasteiger partial charge < -0.3 is 14.7 Å². The number of carbonyl (C=O) groups excluding carboxylic acids is 1. The van der Waals surface area contributed by atoms with Crippen molar-refractivity contribution in [2.45, 2.75) is 38.5 Å². The van der Waals surface area contributed by atoms with Crippen LogP contribution in [0.5, 0.6) is 5.75 Å². The highest BCUT2D eigenvalue weighted by Gasteiger charge is 2.17. The molecule has 0 spiro atoms. The summed E-state index contributed by atoms with van der Waals surface area (Å²) in [6, 6.07) is 7.79. The van der Waals surface area contributed by atoms with E-state index in [0.717, 1.165) is 17.7 Å². The molecule has 5 nitrogen and oxygen atoms in total. The fraction of sp³-hybridized carbons (Fsp3) is 0.529. The Morgan fingerprint density at radius 2 is 1.91 bits per heavy atom. The lowest BCUT2D eigenvalue weighted by Crippen LogP contribution is -2.29. The Morgan fingerprint density at radius 3 is 2.41 bits per heavy atom. The zero-order chi connectivity index (χ0) is 16.5. The van der Waals surface area contributed by atoms with Crippen molar-refractivity contribution in [2.75, 3.05) is 20.7 Å². The zero-order valence-corrected chi connectivity index (χ0v) is 13.5. The van der Waals surface area contributed by atoms with E-state index in [0.29, 0.717) is 19.4 Å². The van der Waals surface area contributed by atoms with E-state index in [-0.39, 0.29) is 18.2 Å². The molecule has 22 heavy (non-hydrogen) atoms. The number of rotatable bonds is 9. The van der Waals surface area contributed by atoms with Crippen LogP contribution in [0.2, 0.25) is 0 Å². The minimum Gasteiger partial charge on any atom is -0.497 e. The van der Waals surface area contributed by atoms with E-state index in [1.807, 2.05) is 24.3 Å². The van der Waals surface area contributed by atoms with Crippen molar-refractivity contribution in [3.8, 4) is 5.75 Å². The third-order valence-corrected chi connectivity index (χ3v) is 3.81. The van der Waals surface area contributed by atoms with Gasteiger partial charge in [-0.2, -0.15) is 0 Å². The fourth-order valence-corrected chi connectivity index (χ4v) is 2.33. The summed E-state index contributed by atoms with van der Waals surface area (Å²) in [4.78, 5) is 24.4. The lowest BCUT2D eigenvalue weighted by atomic mass is 9.92. The Kier molecular flexibility index (Phi) is 7.43. The molecule has 1 amide bonds. The zero-order valence-electron chi connectivity index (χ0n) is 13.5. The summed E-state index contributed by atoms with van der Waals surface area (Å²) in [6.45, 7) is 2.54. The molecule has 1 unspecified atom stereocenters. The van der Waals surface area contributed by atoms with Crippen LogP contribution in [0.4, 0.5) is 0 Å². The molecule has 0 aliphatic heterocycles. The van der Waals surface area contributed by atoms with Crippen LogP contribution in [-0.4, -0.2) is 42.6 Å². The molecule has 0 aliphatic carbocycles. The maximum absolute atomic E-state index is 12.2. The van der Waals surface area contributed by atoms with Crippen molar-refractivity contribution in [2.24, 2.45) is 0 Å². The smallest absolute Gasteiger partial charge is 0.303 e. The molecule has 5 heteroatoms. The van der Waals surface area contributed by atoms with Crippen LogP contribution in [0.25, 0.3) is 0 Å². The molecule has 0 aromatic heterocycles. The van der Waals surface area contributed by atoms with Gasteiger partial charge in [-0.3, -0.25) is 9.59 Å². The highest BCUT2D eigenvalue weighted by molar-refractivity contribution is 5.77. The molecule has 1 atom stereocenters. The standard InChI is InChI=1S/C17H25NO4/c1-4-13(14-7-9-15(22-3)10-8-14)12-16(19)18(2)11-5-6-17(20)21/h7-10,13H,4-6,11-12H2,1-3H3,(H,20,21). The molecular weight excluding hydrogens is 282 g/mol. The largest absolute Gasteiger partial charge is 0.497 e. The first-order chi connectivity index (χ1) is 10.5. The summed E-state index contributed by atoms with van der Waals surface area (Å²) in [5.74, 6) is 0.189. The van der Waals surface area contributed by atoms with Gasteiger partial charge in [0.2, 0.25) is 5.91 Å². The Labute approximate surface area is 131 Å².